The predicted octanol–water partition coefficient (Wildman–Crippen LogP) is 3.47. The van der Waals surface area contributed by atoms with Crippen LogP contribution in [-0.4, -0.2) is 15.5 Å². The van der Waals surface area contributed by atoms with Crippen LogP contribution in [0.1, 0.15) is 59.6 Å². The molecule has 3 rings (SSSR count). The molecule has 5 nitrogen and oxygen atoms in total. The van der Waals surface area contributed by atoms with Gasteiger partial charge in [-0.25, -0.2) is 0 Å². The van der Waals surface area contributed by atoms with Gasteiger partial charge in [-0.2, -0.15) is 0 Å². The van der Waals surface area contributed by atoms with Gasteiger partial charge in [-0.05, 0) is 62.6 Å². The minimum absolute atomic E-state index is 0.0678. The van der Waals surface area contributed by atoms with Gasteiger partial charge in [-0.1, -0.05) is 6.92 Å². The molecule has 0 fully saturated rings. The third-order valence-electron chi connectivity index (χ3n) is 4.90. The number of H-pyrrole nitrogens is 1. The smallest absolute Gasteiger partial charge is 0.251 e. The van der Waals surface area contributed by atoms with Crippen molar-refractivity contribution in [1.29, 1.82) is 0 Å². The zero-order valence-corrected chi connectivity index (χ0v) is 15.7. The normalized spacial score (nSPS) is 11.4. The Bertz CT molecular complexity index is 1040. The van der Waals surface area contributed by atoms with Crippen LogP contribution in [0.25, 0.3) is 10.9 Å². The minimum atomic E-state index is -0.453. The maximum Gasteiger partial charge on any atom is 0.251 e. The fourth-order valence-electron chi connectivity index (χ4n) is 3.48. The number of rotatable bonds is 5. The average molecular weight is 351 g/mol. The molecule has 0 bridgehead atoms. The van der Waals surface area contributed by atoms with Gasteiger partial charge in [-0.3, -0.25) is 9.59 Å². The van der Waals surface area contributed by atoms with Crippen molar-refractivity contribution in [2.24, 2.45) is 5.73 Å². The van der Waals surface area contributed by atoms with Gasteiger partial charge in [0.25, 0.3) is 5.56 Å². The number of pyridine rings is 1. The van der Waals surface area contributed by atoms with Gasteiger partial charge >= 0.3 is 0 Å². The average Bonchev–Trinajstić information content (AvgIpc) is 3.01. The topological polar surface area (TPSA) is 80.9 Å². The number of nitrogens with one attached hydrogen (secondary N) is 1. The van der Waals surface area contributed by atoms with Crippen molar-refractivity contribution in [3.63, 3.8) is 0 Å². The van der Waals surface area contributed by atoms with Crippen molar-refractivity contribution in [1.82, 2.24) is 9.55 Å². The Morgan fingerprint density at radius 1 is 1.27 bits per heavy atom. The standard InChI is InChI=1S/C21H25N3O2/c1-5-15-8-13(4)17(21(26)23-15)9-14-10-18(20(22)25)16-6-7-24(12(2)3)19(16)11-14/h6-8,10-12H,5,9H2,1-4H3,(H2,22,25)(H,23,26). The monoisotopic (exact) mass is 351 g/mol. The number of hydrogen-bond acceptors (Lipinski definition) is 2. The van der Waals surface area contributed by atoms with Gasteiger partial charge in [0.2, 0.25) is 5.91 Å². The van der Waals surface area contributed by atoms with Crippen LogP contribution in [0.3, 0.4) is 0 Å². The highest BCUT2D eigenvalue weighted by Crippen LogP contribution is 2.26. The number of benzene rings is 1. The summed E-state index contributed by atoms with van der Waals surface area (Å²) in [5, 5.41) is 0.849. The maximum atomic E-state index is 12.5. The number of nitrogens with zero attached hydrogens (tertiary/aromatic N) is 1. The summed E-state index contributed by atoms with van der Waals surface area (Å²) in [6.07, 6.45) is 3.22. The lowest BCUT2D eigenvalue weighted by atomic mass is 9.97. The molecule has 0 saturated carbocycles. The van der Waals surface area contributed by atoms with Crippen LogP contribution < -0.4 is 11.3 Å². The fourth-order valence-corrected chi connectivity index (χ4v) is 3.48. The molecule has 1 aromatic carbocycles. The maximum absolute atomic E-state index is 12.5. The molecule has 3 aromatic rings. The largest absolute Gasteiger partial charge is 0.366 e. The van der Waals surface area contributed by atoms with E-state index in [0.717, 1.165) is 39.7 Å². The Morgan fingerprint density at radius 2 is 2.00 bits per heavy atom. The summed E-state index contributed by atoms with van der Waals surface area (Å²) in [5.74, 6) is -0.453. The summed E-state index contributed by atoms with van der Waals surface area (Å²) in [6, 6.07) is 8.06. The van der Waals surface area contributed by atoms with Crippen LogP contribution in [0.5, 0.6) is 0 Å². The van der Waals surface area contributed by atoms with Crippen LogP contribution in [0, 0.1) is 6.92 Å². The molecule has 5 heteroatoms. The SMILES string of the molecule is CCc1cc(C)c(Cc2cc(C(N)=O)c3ccn(C(C)C)c3c2)c(=O)[nH]1. The molecule has 0 unspecified atom stereocenters. The number of primary amides is 1. The van der Waals surface area contributed by atoms with E-state index in [-0.39, 0.29) is 11.6 Å². The van der Waals surface area contributed by atoms with Crippen molar-refractivity contribution in [2.45, 2.75) is 46.6 Å². The summed E-state index contributed by atoms with van der Waals surface area (Å²) >= 11 is 0. The highest BCUT2D eigenvalue weighted by molar-refractivity contribution is 6.06. The molecule has 2 aromatic heterocycles. The quantitative estimate of drug-likeness (QED) is 0.738. The van der Waals surface area contributed by atoms with E-state index in [2.05, 4.69) is 23.4 Å². The fraction of sp³-hybridized carbons (Fsp3) is 0.333. The molecule has 0 aliphatic rings. The highest BCUT2D eigenvalue weighted by Gasteiger charge is 2.15. The number of aromatic nitrogens is 2. The lowest BCUT2D eigenvalue weighted by Crippen LogP contribution is -2.17. The summed E-state index contributed by atoms with van der Waals surface area (Å²) in [7, 11) is 0. The van der Waals surface area contributed by atoms with Crippen LogP contribution in [0.4, 0.5) is 0 Å². The van der Waals surface area contributed by atoms with E-state index in [9.17, 15) is 9.59 Å². The van der Waals surface area contributed by atoms with E-state index in [4.69, 9.17) is 5.73 Å². The van der Waals surface area contributed by atoms with Crippen molar-refractivity contribution in [3.05, 3.63) is 68.8 Å². The molecule has 0 radical (unpaired) electrons. The molecule has 3 N–H and O–H groups in total. The molecule has 0 aliphatic carbocycles. The van der Waals surface area contributed by atoms with Crippen LogP contribution in [-0.2, 0) is 12.8 Å². The lowest BCUT2D eigenvalue weighted by Gasteiger charge is -2.13. The third kappa shape index (κ3) is 3.17. The third-order valence-corrected chi connectivity index (χ3v) is 4.90. The first-order valence-corrected chi connectivity index (χ1v) is 8.96. The number of aromatic amines is 1. The first kappa shape index (κ1) is 18.0. The first-order chi connectivity index (χ1) is 12.3. The summed E-state index contributed by atoms with van der Waals surface area (Å²) in [5.41, 5.74) is 10.5. The molecule has 26 heavy (non-hydrogen) atoms. The van der Waals surface area contributed by atoms with Gasteiger partial charge in [0.1, 0.15) is 0 Å². The predicted molar refractivity (Wildman–Crippen MR) is 105 cm³/mol. The Morgan fingerprint density at radius 3 is 2.58 bits per heavy atom. The second-order valence-corrected chi connectivity index (χ2v) is 7.07. The molecule has 0 aliphatic heterocycles. The van der Waals surface area contributed by atoms with Crippen molar-refractivity contribution in [2.75, 3.05) is 0 Å². The van der Waals surface area contributed by atoms with Crippen LogP contribution in [0.15, 0.2) is 35.3 Å². The number of carbonyl (C=O) groups excluding carboxylic acids is 1. The minimum Gasteiger partial charge on any atom is -0.366 e. The Kier molecular flexibility index (Phi) is 4.72. The molecule has 0 saturated heterocycles. The summed E-state index contributed by atoms with van der Waals surface area (Å²) in [4.78, 5) is 27.4. The molecule has 0 spiro atoms. The molecule has 136 valence electrons. The van der Waals surface area contributed by atoms with Gasteiger partial charge in [0.15, 0.2) is 0 Å². The molecule has 1 amide bonds. The van der Waals surface area contributed by atoms with E-state index in [0.29, 0.717) is 12.0 Å². The first-order valence-electron chi connectivity index (χ1n) is 8.96. The molecule has 0 atom stereocenters. The van der Waals surface area contributed by atoms with Crippen molar-refractivity contribution >= 4 is 16.8 Å². The number of amides is 1. The van der Waals surface area contributed by atoms with E-state index in [1.165, 1.54) is 0 Å². The van der Waals surface area contributed by atoms with Crippen molar-refractivity contribution < 1.29 is 4.79 Å². The summed E-state index contributed by atoms with van der Waals surface area (Å²) < 4.78 is 2.11. The van der Waals surface area contributed by atoms with Gasteiger partial charge in [0.05, 0.1) is 0 Å². The number of nitrogens with two attached hydrogens (primary N) is 1. The Hall–Kier alpha value is -2.82. The second-order valence-electron chi connectivity index (χ2n) is 7.07. The molecule has 2 heterocycles. The van der Waals surface area contributed by atoms with Gasteiger partial charge < -0.3 is 15.3 Å². The lowest BCUT2D eigenvalue weighted by molar-refractivity contribution is 0.100. The zero-order valence-electron chi connectivity index (χ0n) is 15.7. The molecular weight excluding hydrogens is 326 g/mol. The Balaban J connectivity index is 2.16. The van der Waals surface area contributed by atoms with E-state index < -0.39 is 5.91 Å². The second kappa shape index (κ2) is 6.83. The van der Waals surface area contributed by atoms with Crippen LogP contribution in [0.2, 0.25) is 0 Å². The number of carbonyl (C=O) groups is 1. The zero-order chi connectivity index (χ0) is 19.0. The molecular formula is C21H25N3O2. The Labute approximate surface area is 152 Å². The van der Waals surface area contributed by atoms with E-state index >= 15 is 0 Å². The van der Waals surface area contributed by atoms with Gasteiger partial charge in [0, 0.05) is 46.4 Å². The summed E-state index contributed by atoms with van der Waals surface area (Å²) in [6.45, 7) is 8.15. The van der Waals surface area contributed by atoms with E-state index in [1.807, 2.05) is 44.3 Å². The van der Waals surface area contributed by atoms with E-state index in [1.54, 1.807) is 0 Å². The number of hydrogen-bond donors (Lipinski definition) is 2. The number of aryl methyl sites for hydroxylation is 2. The van der Waals surface area contributed by atoms with Crippen molar-refractivity contribution in [3.8, 4) is 0 Å². The number of fused-ring (bicyclic) bond motifs is 1. The van der Waals surface area contributed by atoms with Crippen LogP contribution >= 0.6 is 0 Å². The highest BCUT2D eigenvalue weighted by atomic mass is 16.1. The van der Waals surface area contributed by atoms with Gasteiger partial charge in [-0.15, -0.1) is 0 Å².